The first-order chi connectivity index (χ1) is 9.44. The Kier molecular flexibility index (Phi) is 4.67. The van der Waals surface area contributed by atoms with Crippen molar-refractivity contribution in [1.29, 1.82) is 0 Å². The van der Waals surface area contributed by atoms with Crippen LogP contribution >= 0.6 is 11.3 Å². The Hall–Kier alpha value is -1.53. The molecule has 1 N–H and O–H groups in total. The van der Waals surface area contributed by atoms with Crippen molar-refractivity contribution in [3.8, 4) is 11.8 Å². The SMILES string of the molecule is CC(C)(C)C#Cc1cc(NC(=O)[C@H]2CC=CCC2)cs1. The van der Waals surface area contributed by atoms with Gasteiger partial charge in [-0.2, -0.15) is 0 Å². The molecule has 2 nitrogen and oxygen atoms in total. The van der Waals surface area contributed by atoms with Gasteiger partial charge in [0.1, 0.15) is 0 Å². The molecule has 0 bridgehead atoms. The fourth-order valence-corrected chi connectivity index (χ4v) is 2.68. The molecule has 0 spiro atoms. The molecule has 0 saturated carbocycles. The zero-order valence-corrected chi connectivity index (χ0v) is 13.1. The molecule has 1 atom stereocenters. The number of rotatable bonds is 2. The summed E-state index contributed by atoms with van der Waals surface area (Å²) in [5, 5.41) is 4.96. The molecule has 1 heterocycles. The molecule has 106 valence electrons. The van der Waals surface area contributed by atoms with E-state index < -0.39 is 0 Å². The second-order valence-electron chi connectivity index (χ2n) is 6.17. The maximum Gasteiger partial charge on any atom is 0.227 e. The highest BCUT2D eigenvalue weighted by atomic mass is 32.1. The number of anilines is 1. The van der Waals surface area contributed by atoms with Crippen molar-refractivity contribution < 1.29 is 4.79 Å². The van der Waals surface area contributed by atoms with Crippen molar-refractivity contribution in [3.05, 3.63) is 28.5 Å². The number of hydrogen-bond donors (Lipinski definition) is 1. The summed E-state index contributed by atoms with van der Waals surface area (Å²) in [6.45, 7) is 6.27. The molecule has 0 aromatic carbocycles. The quantitative estimate of drug-likeness (QED) is 0.632. The van der Waals surface area contributed by atoms with Gasteiger partial charge < -0.3 is 5.32 Å². The van der Waals surface area contributed by atoms with Crippen LogP contribution < -0.4 is 5.32 Å². The van der Waals surface area contributed by atoms with Crippen LogP contribution in [0.15, 0.2) is 23.6 Å². The fourth-order valence-electron chi connectivity index (χ4n) is 1.99. The molecule has 2 rings (SSSR count). The molecular formula is C17H21NOS. The van der Waals surface area contributed by atoms with Crippen molar-refractivity contribution in [1.82, 2.24) is 0 Å². The smallest absolute Gasteiger partial charge is 0.227 e. The number of hydrogen-bond acceptors (Lipinski definition) is 2. The van der Waals surface area contributed by atoms with Gasteiger partial charge in [-0.05, 0) is 46.1 Å². The summed E-state index contributed by atoms with van der Waals surface area (Å²) >= 11 is 1.58. The number of carbonyl (C=O) groups excluding carboxylic acids is 1. The van der Waals surface area contributed by atoms with E-state index in [0.29, 0.717) is 0 Å². The van der Waals surface area contributed by atoms with E-state index in [0.717, 1.165) is 29.8 Å². The Bertz CT molecular complexity index is 566. The van der Waals surface area contributed by atoms with Crippen LogP contribution in [0.4, 0.5) is 5.69 Å². The standard InChI is InChI=1S/C17H21NOS/c1-17(2,3)10-9-15-11-14(12-20-15)18-16(19)13-7-5-4-6-8-13/h4-5,11-13H,6-8H2,1-3H3,(H,18,19)/t13-/m0/s1. The highest BCUT2D eigenvalue weighted by Crippen LogP contribution is 2.23. The van der Waals surface area contributed by atoms with Gasteiger partial charge in [-0.3, -0.25) is 4.79 Å². The molecule has 0 fully saturated rings. The van der Waals surface area contributed by atoms with Crippen LogP contribution in [0.5, 0.6) is 0 Å². The van der Waals surface area contributed by atoms with Gasteiger partial charge in [0.2, 0.25) is 5.91 Å². The average molecular weight is 287 g/mol. The minimum atomic E-state index is 0.00182. The number of amides is 1. The molecule has 1 aliphatic carbocycles. The van der Waals surface area contributed by atoms with Crippen LogP contribution in [0.2, 0.25) is 0 Å². The molecule has 3 heteroatoms. The second-order valence-corrected chi connectivity index (χ2v) is 7.08. The maximum absolute atomic E-state index is 12.1. The van der Waals surface area contributed by atoms with E-state index in [-0.39, 0.29) is 17.2 Å². The molecular weight excluding hydrogens is 266 g/mol. The van der Waals surface area contributed by atoms with Crippen molar-refractivity contribution in [2.45, 2.75) is 40.0 Å². The molecule has 0 unspecified atom stereocenters. The Labute approximate surface area is 125 Å². The Morgan fingerprint density at radius 2 is 2.20 bits per heavy atom. The normalized spacial score (nSPS) is 18.2. The van der Waals surface area contributed by atoms with Gasteiger partial charge >= 0.3 is 0 Å². The molecule has 1 aromatic heterocycles. The molecule has 1 aromatic rings. The monoisotopic (exact) mass is 287 g/mol. The lowest BCUT2D eigenvalue weighted by molar-refractivity contribution is -0.120. The summed E-state index contributed by atoms with van der Waals surface area (Å²) in [5.74, 6) is 6.61. The Morgan fingerprint density at radius 1 is 1.40 bits per heavy atom. The topological polar surface area (TPSA) is 29.1 Å². The number of allylic oxidation sites excluding steroid dienone is 2. The lowest BCUT2D eigenvalue weighted by atomic mass is 9.94. The summed E-state index contributed by atoms with van der Waals surface area (Å²) in [6, 6.07) is 1.96. The van der Waals surface area contributed by atoms with Gasteiger partial charge in [0.25, 0.3) is 0 Å². The summed E-state index contributed by atoms with van der Waals surface area (Å²) < 4.78 is 0. The first-order valence-corrected chi connectivity index (χ1v) is 7.89. The Balaban J connectivity index is 1.97. The van der Waals surface area contributed by atoms with Gasteiger partial charge in [0.15, 0.2) is 0 Å². The molecule has 0 aliphatic heterocycles. The van der Waals surface area contributed by atoms with Crippen molar-refractivity contribution in [3.63, 3.8) is 0 Å². The number of nitrogens with one attached hydrogen (secondary N) is 1. The van der Waals surface area contributed by atoms with Gasteiger partial charge in [0.05, 0.1) is 10.6 Å². The number of thiophene rings is 1. The lowest BCUT2D eigenvalue weighted by Crippen LogP contribution is -2.23. The largest absolute Gasteiger partial charge is 0.325 e. The van der Waals surface area contributed by atoms with Crippen LogP contribution in [-0.2, 0) is 4.79 Å². The minimum Gasteiger partial charge on any atom is -0.325 e. The van der Waals surface area contributed by atoms with Crippen LogP contribution in [0, 0.1) is 23.2 Å². The lowest BCUT2D eigenvalue weighted by Gasteiger charge is -2.16. The van der Waals surface area contributed by atoms with E-state index in [1.54, 1.807) is 11.3 Å². The molecule has 1 aliphatic rings. The zero-order valence-electron chi connectivity index (χ0n) is 12.3. The molecule has 0 radical (unpaired) electrons. The third-order valence-electron chi connectivity index (χ3n) is 3.07. The van der Waals surface area contributed by atoms with Crippen molar-refractivity contribution in [2.75, 3.05) is 5.32 Å². The van der Waals surface area contributed by atoms with Crippen molar-refractivity contribution >= 4 is 22.9 Å². The third kappa shape index (κ3) is 4.54. The first-order valence-electron chi connectivity index (χ1n) is 7.01. The number of carbonyl (C=O) groups is 1. The predicted octanol–water partition coefficient (Wildman–Crippen LogP) is 4.44. The van der Waals surface area contributed by atoms with E-state index in [1.807, 2.05) is 11.4 Å². The molecule has 0 saturated heterocycles. The molecule has 20 heavy (non-hydrogen) atoms. The van der Waals surface area contributed by atoms with Crippen LogP contribution in [0.1, 0.15) is 44.9 Å². The van der Waals surface area contributed by atoms with E-state index in [2.05, 4.69) is 50.1 Å². The van der Waals surface area contributed by atoms with Crippen LogP contribution in [-0.4, -0.2) is 5.91 Å². The van der Waals surface area contributed by atoms with Gasteiger partial charge in [-0.1, -0.05) is 24.0 Å². The maximum atomic E-state index is 12.1. The summed E-state index contributed by atoms with van der Waals surface area (Å²) in [6.07, 6.45) is 7.05. The zero-order chi connectivity index (χ0) is 14.6. The van der Waals surface area contributed by atoms with E-state index in [4.69, 9.17) is 0 Å². The third-order valence-corrected chi connectivity index (χ3v) is 3.91. The van der Waals surface area contributed by atoms with Gasteiger partial charge in [-0.15, -0.1) is 11.3 Å². The minimum absolute atomic E-state index is 0.00182. The Morgan fingerprint density at radius 3 is 2.85 bits per heavy atom. The summed E-state index contributed by atoms with van der Waals surface area (Å²) in [7, 11) is 0. The second kappa shape index (κ2) is 6.28. The van der Waals surface area contributed by atoms with Crippen LogP contribution in [0.3, 0.4) is 0 Å². The van der Waals surface area contributed by atoms with E-state index in [1.165, 1.54) is 0 Å². The average Bonchev–Trinajstić information content (AvgIpc) is 2.84. The van der Waals surface area contributed by atoms with Gasteiger partial charge in [-0.25, -0.2) is 0 Å². The van der Waals surface area contributed by atoms with Crippen molar-refractivity contribution in [2.24, 2.45) is 11.3 Å². The van der Waals surface area contributed by atoms with Gasteiger partial charge in [0, 0.05) is 16.7 Å². The predicted molar refractivity (Wildman–Crippen MR) is 85.8 cm³/mol. The van der Waals surface area contributed by atoms with E-state index in [9.17, 15) is 4.79 Å². The highest BCUT2D eigenvalue weighted by molar-refractivity contribution is 7.11. The summed E-state index contributed by atoms with van der Waals surface area (Å²) in [4.78, 5) is 13.1. The fraction of sp³-hybridized carbons (Fsp3) is 0.471. The summed E-state index contributed by atoms with van der Waals surface area (Å²) in [5.41, 5.74) is 0.870. The first kappa shape index (κ1) is 14.9. The molecule has 1 amide bonds. The highest BCUT2D eigenvalue weighted by Gasteiger charge is 2.18. The van der Waals surface area contributed by atoms with E-state index >= 15 is 0 Å². The van der Waals surface area contributed by atoms with Crippen LogP contribution in [0.25, 0.3) is 0 Å².